The molecule has 0 saturated carbocycles. The number of nitrogens with zero attached hydrogens (tertiary/aromatic N) is 1. The highest BCUT2D eigenvalue weighted by atomic mass is 79.9. The number of allylic oxidation sites excluding steroid dienone is 4. The summed E-state index contributed by atoms with van der Waals surface area (Å²) in [5.74, 6) is 0.566. The Morgan fingerprint density at radius 3 is 2.10 bits per heavy atom. The first kappa shape index (κ1) is 30.1. The second-order valence-electron chi connectivity index (χ2n) is 13.1. The molecule has 0 aromatic heterocycles. The van der Waals surface area contributed by atoms with Crippen LogP contribution >= 0.6 is 27.5 Å². The minimum atomic E-state index is -0.389. The minimum absolute atomic E-state index is 0.136. The first-order valence-corrected chi connectivity index (χ1v) is 15.5. The summed E-state index contributed by atoms with van der Waals surface area (Å²) in [5, 5.41) is 0.661. The zero-order chi connectivity index (χ0) is 29.5. The minimum Gasteiger partial charge on any atom is -0.488 e. The Labute approximate surface area is 257 Å². The van der Waals surface area contributed by atoms with Crippen molar-refractivity contribution >= 4 is 39.1 Å². The molecule has 5 nitrogen and oxygen atoms in total. The van der Waals surface area contributed by atoms with Crippen LogP contribution in [0.4, 0.5) is 0 Å². The molecule has 7 heteroatoms. The smallest absolute Gasteiger partial charge is 0.162 e. The molecule has 2 aromatic carbocycles. The Kier molecular flexibility index (Phi) is 8.58. The molecule has 2 aromatic rings. The Balaban J connectivity index is 1.59. The molecule has 0 saturated heterocycles. The molecule has 1 aliphatic heterocycles. The lowest BCUT2D eigenvalue weighted by Crippen LogP contribution is -2.44. The highest BCUT2D eigenvalue weighted by Crippen LogP contribution is 2.54. The number of Topliss-reactive ketones (excluding diaryl/α,β-unsaturated/α-hetero) is 2. The molecular formula is C34H39BrClNO4. The summed E-state index contributed by atoms with van der Waals surface area (Å²) in [5.41, 5.74) is 5.25. The summed E-state index contributed by atoms with van der Waals surface area (Å²) in [6, 6.07) is 13.6. The number of methoxy groups -OCH3 is 1. The van der Waals surface area contributed by atoms with Crippen molar-refractivity contribution in [3.05, 3.63) is 85.6 Å². The lowest BCUT2D eigenvalue weighted by Gasteiger charge is -2.49. The van der Waals surface area contributed by atoms with E-state index in [1.165, 1.54) is 0 Å². The van der Waals surface area contributed by atoms with E-state index in [0.29, 0.717) is 36.8 Å². The van der Waals surface area contributed by atoms with Crippen LogP contribution in [0, 0.1) is 10.8 Å². The van der Waals surface area contributed by atoms with Crippen LogP contribution in [0.5, 0.6) is 5.75 Å². The van der Waals surface area contributed by atoms with Gasteiger partial charge in [0.15, 0.2) is 11.6 Å². The maximum atomic E-state index is 14.0. The van der Waals surface area contributed by atoms with Crippen molar-refractivity contribution in [1.82, 2.24) is 4.90 Å². The van der Waals surface area contributed by atoms with Gasteiger partial charge in [-0.05, 0) is 69.8 Å². The van der Waals surface area contributed by atoms with Crippen molar-refractivity contribution < 1.29 is 19.1 Å². The molecule has 3 aliphatic rings. The molecule has 0 fully saturated rings. The predicted octanol–water partition coefficient (Wildman–Crippen LogP) is 8.40. The van der Waals surface area contributed by atoms with Crippen LogP contribution in [-0.4, -0.2) is 36.7 Å². The number of ketones is 2. The van der Waals surface area contributed by atoms with E-state index < -0.39 is 0 Å². The molecular weight excluding hydrogens is 602 g/mol. The third-order valence-electron chi connectivity index (χ3n) is 8.38. The fraction of sp³-hybridized carbons (Fsp3) is 0.471. The number of rotatable bonds is 8. The zero-order valence-corrected chi connectivity index (χ0v) is 27.0. The summed E-state index contributed by atoms with van der Waals surface area (Å²) in [4.78, 5) is 30.2. The number of hydrogen-bond acceptors (Lipinski definition) is 5. The van der Waals surface area contributed by atoms with Crippen molar-refractivity contribution in [2.24, 2.45) is 10.8 Å². The molecule has 0 amide bonds. The number of halogens is 2. The third-order valence-corrected chi connectivity index (χ3v) is 9.37. The molecule has 0 atom stereocenters. The number of hydrogen-bond donors (Lipinski definition) is 0. The molecule has 218 valence electrons. The summed E-state index contributed by atoms with van der Waals surface area (Å²) in [6.45, 7) is 10.4. The van der Waals surface area contributed by atoms with Gasteiger partial charge in [-0.2, -0.15) is 0 Å². The number of carbonyl (C=O) groups excluding carboxylic acids is 2. The van der Waals surface area contributed by atoms with Crippen molar-refractivity contribution in [1.29, 1.82) is 0 Å². The highest BCUT2D eigenvalue weighted by molar-refractivity contribution is 9.10. The van der Waals surface area contributed by atoms with Crippen LogP contribution in [0.25, 0.3) is 0 Å². The van der Waals surface area contributed by atoms with E-state index in [-0.39, 0.29) is 28.3 Å². The molecule has 0 radical (unpaired) electrons. The van der Waals surface area contributed by atoms with E-state index in [9.17, 15) is 9.59 Å². The van der Waals surface area contributed by atoms with Gasteiger partial charge in [0.2, 0.25) is 0 Å². The summed E-state index contributed by atoms with van der Waals surface area (Å²) in [7, 11) is 1.71. The third kappa shape index (κ3) is 6.21. The second-order valence-corrected chi connectivity index (χ2v) is 14.4. The Bertz CT molecular complexity index is 1390. The van der Waals surface area contributed by atoms with Crippen molar-refractivity contribution in [3.63, 3.8) is 0 Å². The lowest BCUT2D eigenvalue weighted by atomic mass is 9.63. The van der Waals surface area contributed by atoms with Crippen LogP contribution in [0.15, 0.2) is 69.5 Å². The fourth-order valence-corrected chi connectivity index (χ4v) is 7.30. The van der Waals surface area contributed by atoms with E-state index >= 15 is 0 Å². The first-order valence-electron chi connectivity index (χ1n) is 14.4. The molecule has 0 bridgehead atoms. The largest absolute Gasteiger partial charge is 0.488 e. The molecule has 41 heavy (non-hydrogen) atoms. The standard InChI is InChI=1S/C34H39BrClNO4/c1-33(2)16-25-31(27(38)18-33)30(32-26(37(25)13-8-14-40-5)17-34(3,4)19-28(32)39)21-11-12-29(23(35)15-21)41-20-22-9-6-7-10-24(22)36/h6-7,9-12,15,30H,8,13-14,16-20H2,1-5H3. The quantitative estimate of drug-likeness (QED) is 0.271. The molecule has 5 rings (SSSR count). The van der Waals surface area contributed by atoms with Gasteiger partial charge >= 0.3 is 0 Å². The Morgan fingerprint density at radius 1 is 0.927 bits per heavy atom. The van der Waals surface area contributed by atoms with Gasteiger partial charge in [0.25, 0.3) is 0 Å². The number of ether oxygens (including phenoxy) is 2. The van der Waals surface area contributed by atoms with Gasteiger partial charge in [-0.15, -0.1) is 0 Å². The maximum absolute atomic E-state index is 14.0. The zero-order valence-electron chi connectivity index (χ0n) is 24.6. The molecule has 0 N–H and O–H groups in total. The molecule has 1 heterocycles. The van der Waals surface area contributed by atoms with Crippen LogP contribution in [0.1, 0.15) is 76.8 Å². The second kappa shape index (κ2) is 11.7. The van der Waals surface area contributed by atoms with Gasteiger partial charge in [-0.3, -0.25) is 9.59 Å². The van der Waals surface area contributed by atoms with Crippen molar-refractivity contribution in [2.75, 3.05) is 20.3 Å². The van der Waals surface area contributed by atoms with E-state index in [2.05, 4.69) is 48.5 Å². The van der Waals surface area contributed by atoms with Gasteiger partial charge in [0.05, 0.1) is 4.47 Å². The molecule has 0 spiro atoms. The monoisotopic (exact) mass is 639 g/mol. The van der Waals surface area contributed by atoms with Gasteiger partial charge in [-0.1, -0.05) is 63.6 Å². The topological polar surface area (TPSA) is 55.8 Å². The van der Waals surface area contributed by atoms with Gasteiger partial charge in [-0.25, -0.2) is 0 Å². The normalized spacial score (nSPS) is 20.3. The first-order chi connectivity index (χ1) is 19.4. The van der Waals surface area contributed by atoms with Crippen molar-refractivity contribution in [3.8, 4) is 5.75 Å². The average molecular weight is 641 g/mol. The van der Waals surface area contributed by atoms with Crippen LogP contribution in [-0.2, 0) is 20.9 Å². The van der Waals surface area contributed by atoms with Gasteiger partial charge in [0, 0.05) is 72.1 Å². The Hall–Kier alpha value is -2.41. The highest BCUT2D eigenvalue weighted by Gasteiger charge is 2.48. The predicted molar refractivity (Wildman–Crippen MR) is 166 cm³/mol. The summed E-state index contributed by atoms with van der Waals surface area (Å²) < 4.78 is 12.3. The van der Waals surface area contributed by atoms with E-state index in [4.69, 9.17) is 21.1 Å². The maximum Gasteiger partial charge on any atom is 0.162 e. The fourth-order valence-electron chi connectivity index (χ4n) is 6.60. The number of benzene rings is 2. The van der Waals surface area contributed by atoms with E-state index in [0.717, 1.165) is 63.9 Å². The SMILES string of the molecule is COCCCN1C2=C(C(=O)CC(C)(C)C2)C(c2ccc(OCc3ccccc3Cl)c(Br)c2)C2=C1CC(C)(C)CC2=O. The van der Waals surface area contributed by atoms with Crippen molar-refractivity contribution in [2.45, 2.75) is 72.3 Å². The average Bonchev–Trinajstić information content (AvgIpc) is 2.88. The van der Waals surface area contributed by atoms with Crippen LogP contribution < -0.4 is 4.74 Å². The summed E-state index contributed by atoms with van der Waals surface area (Å²) in [6.07, 6.45) is 3.35. The Morgan fingerprint density at radius 2 is 1.54 bits per heavy atom. The van der Waals surface area contributed by atoms with Gasteiger partial charge < -0.3 is 14.4 Å². The molecule has 0 unspecified atom stereocenters. The van der Waals surface area contributed by atoms with Crippen LogP contribution in [0.2, 0.25) is 5.02 Å². The van der Waals surface area contributed by atoms with E-state index in [1.807, 2.05) is 42.5 Å². The lowest BCUT2D eigenvalue weighted by molar-refractivity contribution is -0.119. The summed E-state index contributed by atoms with van der Waals surface area (Å²) >= 11 is 10.0. The van der Waals surface area contributed by atoms with Crippen LogP contribution in [0.3, 0.4) is 0 Å². The number of carbonyl (C=O) groups is 2. The molecule has 2 aliphatic carbocycles. The van der Waals surface area contributed by atoms with E-state index in [1.54, 1.807) is 7.11 Å². The van der Waals surface area contributed by atoms with Gasteiger partial charge in [0.1, 0.15) is 12.4 Å².